The molecule has 0 atom stereocenters. The summed E-state index contributed by atoms with van der Waals surface area (Å²) in [7, 11) is 0. The van der Waals surface area contributed by atoms with E-state index in [4.69, 9.17) is 20.4 Å². The molecule has 208 valence electrons. The number of unbranched alkanes of at least 4 members (excludes halogenated alkanes) is 1. The largest absolute Gasteiger partial charge is 0.508 e. The van der Waals surface area contributed by atoms with Crippen LogP contribution in [0.25, 0.3) is 21.9 Å². The van der Waals surface area contributed by atoms with Gasteiger partial charge in [-0.15, -0.1) is 0 Å². The fourth-order valence-electron chi connectivity index (χ4n) is 4.78. The van der Waals surface area contributed by atoms with Gasteiger partial charge >= 0.3 is 0 Å². The molecule has 2 heterocycles. The number of rotatable bonds is 14. The molecule has 39 heavy (non-hydrogen) atoms. The SMILES string of the molecule is CCCCc1nc2c(N)nc3cc(CCCOCCCNC(=O)CBr)ccc3c2n1Cc1ccc(O)c(C)c1. The van der Waals surface area contributed by atoms with Gasteiger partial charge in [0.05, 0.1) is 16.4 Å². The molecule has 0 aliphatic rings. The van der Waals surface area contributed by atoms with Crippen LogP contribution in [0.4, 0.5) is 5.82 Å². The molecule has 4 rings (SSSR count). The highest BCUT2D eigenvalue weighted by molar-refractivity contribution is 9.09. The number of aromatic hydroxyl groups is 1. The van der Waals surface area contributed by atoms with E-state index in [2.05, 4.69) is 50.9 Å². The Morgan fingerprint density at radius 1 is 1.08 bits per heavy atom. The third-order valence-corrected chi connectivity index (χ3v) is 7.38. The van der Waals surface area contributed by atoms with E-state index in [1.54, 1.807) is 6.07 Å². The zero-order chi connectivity index (χ0) is 27.8. The Bertz CT molecular complexity index is 1440. The number of fused-ring (bicyclic) bond motifs is 3. The van der Waals surface area contributed by atoms with Gasteiger partial charge in [-0.2, -0.15) is 0 Å². The van der Waals surface area contributed by atoms with E-state index in [-0.39, 0.29) is 5.91 Å². The average molecular weight is 597 g/mol. The van der Waals surface area contributed by atoms with Crippen molar-refractivity contribution >= 4 is 49.6 Å². The van der Waals surface area contributed by atoms with E-state index in [0.717, 1.165) is 77.4 Å². The maximum absolute atomic E-state index is 11.2. The third-order valence-electron chi connectivity index (χ3n) is 6.87. The lowest BCUT2D eigenvalue weighted by molar-refractivity contribution is -0.118. The van der Waals surface area contributed by atoms with E-state index in [0.29, 0.717) is 43.2 Å². The van der Waals surface area contributed by atoms with Crippen LogP contribution in [-0.2, 0) is 28.9 Å². The van der Waals surface area contributed by atoms with Crippen LogP contribution in [0.3, 0.4) is 0 Å². The fraction of sp³-hybridized carbons (Fsp3) is 0.433. The van der Waals surface area contributed by atoms with Crippen LogP contribution < -0.4 is 11.1 Å². The predicted octanol–water partition coefficient (Wildman–Crippen LogP) is 5.42. The standard InChI is InChI=1S/C30H38BrN5O3/c1-3-4-8-26-35-28-29(36(26)19-22-10-12-25(37)20(2)16-22)23-11-9-21(17-24(23)34-30(28)32)7-5-14-39-15-6-13-33-27(38)18-31/h9-12,16-17,37H,3-8,13-15,18-19H2,1-2H3,(H2,32,34)(H,33,38). The van der Waals surface area contributed by atoms with Crippen LogP contribution in [0.2, 0.25) is 0 Å². The Morgan fingerprint density at radius 3 is 2.64 bits per heavy atom. The first-order chi connectivity index (χ1) is 18.9. The van der Waals surface area contributed by atoms with Gasteiger partial charge in [0, 0.05) is 38.1 Å². The summed E-state index contributed by atoms with van der Waals surface area (Å²) in [6.07, 6.45) is 5.56. The number of hydrogen-bond acceptors (Lipinski definition) is 6. The van der Waals surface area contributed by atoms with Gasteiger partial charge in [0.25, 0.3) is 0 Å². The zero-order valence-corrected chi connectivity index (χ0v) is 24.4. The number of carbonyl (C=O) groups is 1. The van der Waals surface area contributed by atoms with Crippen molar-refractivity contribution in [3.63, 3.8) is 0 Å². The molecule has 0 saturated carbocycles. The number of nitrogen functional groups attached to an aromatic ring is 1. The molecule has 4 aromatic rings. The van der Waals surface area contributed by atoms with Gasteiger partial charge in [0.15, 0.2) is 5.82 Å². The van der Waals surface area contributed by atoms with E-state index in [9.17, 15) is 9.90 Å². The number of nitrogens with one attached hydrogen (secondary N) is 1. The van der Waals surface area contributed by atoms with Crippen LogP contribution in [0.1, 0.15) is 55.1 Å². The Kier molecular flexibility index (Phi) is 10.2. The van der Waals surface area contributed by atoms with Gasteiger partial charge in [-0.25, -0.2) is 9.97 Å². The molecule has 8 nitrogen and oxygen atoms in total. The number of halogens is 1. The molecule has 0 saturated heterocycles. The molecule has 0 aliphatic carbocycles. The number of imidazole rings is 1. The van der Waals surface area contributed by atoms with Gasteiger partial charge in [-0.05, 0) is 61.4 Å². The molecule has 0 spiro atoms. The van der Waals surface area contributed by atoms with E-state index in [1.165, 1.54) is 5.56 Å². The van der Waals surface area contributed by atoms with Crippen LogP contribution in [-0.4, -0.2) is 50.6 Å². The molecule has 9 heteroatoms. The van der Waals surface area contributed by atoms with E-state index in [1.807, 2.05) is 19.1 Å². The van der Waals surface area contributed by atoms with Crippen molar-refractivity contribution in [3.05, 3.63) is 58.9 Å². The average Bonchev–Trinajstić information content (AvgIpc) is 3.29. The van der Waals surface area contributed by atoms with Crippen molar-refractivity contribution < 1.29 is 14.6 Å². The topological polar surface area (TPSA) is 115 Å². The highest BCUT2D eigenvalue weighted by Gasteiger charge is 2.18. The Labute approximate surface area is 238 Å². The van der Waals surface area contributed by atoms with Crippen LogP contribution in [0.5, 0.6) is 5.75 Å². The number of aryl methyl sites for hydroxylation is 3. The summed E-state index contributed by atoms with van der Waals surface area (Å²) in [5.74, 6) is 1.75. The first-order valence-electron chi connectivity index (χ1n) is 13.7. The number of ether oxygens (including phenoxy) is 1. The molecule has 1 amide bonds. The Morgan fingerprint density at radius 2 is 1.87 bits per heavy atom. The number of phenols is 1. The number of nitrogens with two attached hydrogens (primary N) is 1. The highest BCUT2D eigenvalue weighted by Crippen LogP contribution is 2.31. The number of phenolic OH excluding ortho intramolecular Hbond substituents is 1. The van der Waals surface area contributed by atoms with E-state index < -0.39 is 0 Å². The molecule has 0 unspecified atom stereocenters. The second kappa shape index (κ2) is 13.8. The fourth-order valence-corrected chi connectivity index (χ4v) is 4.98. The van der Waals surface area contributed by atoms with Crippen molar-refractivity contribution in [2.45, 2.75) is 58.9 Å². The number of amides is 1. The molecule has 0 aliphatic heterocycles. The number of benzene rings is 2. The maximum Gasteiger partial charge on any atom is 0.230 e. The zero-order valence-electron chi connectivity index (χ0n) is 22.8. The molecule has 0 bridgehead atoms. The van der Waals surface area contributed by atoms with E-state index >= 15 is 0 Å². The minimum atomic E-state index is -0.00601. The molecule has 0 fully saturated rings. The quantitative estimate of drug-likeness (QED) is 0.132. The summed E-state index contributed by atoms with van der Waals surface area (Å²) >= 11 is 3.14. The van der Waals surface area contributed by atoms with Crippen molar-refractivity contribution in [3.8, 4) is 5.75 Å². The second-order valence-electron chi connectivity index (χ2n) is 9.94. The Balaban J connectivity index is 1.52. The first-order valence-corrected chi connectivity index (χ1v) is 14.8. The summed E-state index contributed by atoms with van der Waals surface area (Å²) in [6.45, 7) is 6.66. The van der Waals surface area contributed by atoms with Crippen molar-refractivity contribution in [2.24, 2.45) is 0 Å². The predicted molar refractivity (Wildman–Crippen MR) is 161 cm³/mol. The lowest BCUT2D eigenvalue weighted by atomic mass is 10.1. The number of anilines is 1. The molecule has 0 radical (unpaired) electrons. The molecule has 2 aromatic heterocycles. The summed E-state index contributed by atoms with van der Waals surface area (Å²) in [4.78, 5) is 20.9. The number of aromatic nitrogens is 3. The summed E-state index contributed by atoms with van der Waals surface area (Å²) in [5.41, 5.74) is 12.2. The smallest absolute Gasteiger partial charge is 0.230 e. The second-order valence-corrected chi connectivity index (χ2v) is 10.5. The van der Waals surface area contributed by atoms with Crippen molar-refractivity contribution in [2.75, 3.05) is 30.8 Å². The minimum Gasteiger partial charge on any atom is -0.508 e. The normalized spacial score (nSPS) is 11.5. The number of alkyl halides is 1. The number of nitrogens with zero attached hydrogens (tertiary/aromatic N) is 3. The van der Waals surface area contributed by atoms with Crippen LogP contribution in [0.15, 0.2) is 36.4 Å². The summed E-state index contributed by atoms with van der Waals surface area (Å²) in [6, 6.07) is 12.2. The lowest BCUT2D eigenvalue weighted by Crippen LogP contribution is -2.26. The minimum absolute atomic E-state index is 0.00601. The number of carbonyl (C=O) groups excluding carboxylic acids is 1. The maximum atomic E-state index is 11.2. The third kappa shape index (κ3) is 7.28. The number of pyridine rings is 1. The highest BCUT2D eigenvalue weighted by atomic mass is 79.9. The van der Waals surface area contributed by atoms with Gasteiger partial charge in [-0.3, -0.25) is 4.79 Å². The van der Waals surface area contributed by atoms with Gasteiger partial charge < -0.3 is 25.5 Å². The van der Waals surface area contributed by atoms with Crippen molar-refractivity contribution in [1.29, 1.82) is 0 Å². The lowest BCUT2D eigenvalue weighted by Gasteiger charge is -2.13. The summed E-state index contributed by atoms with van der Waals surface area (Å²) < 4.78 is 8.00. The van der Waals surface area contributed by atoms with Crippen LogP contribution in [0, 0.1) is 6.92 Å². The van der Waals surface area contributed by atoms with Gasteiger partial charge in [0.1, 0.15) is 17.1 Å². The van der Waals surface area contributed by atoms with Crippen molar-refractivity contribution in [1.82, 2.24) is 19.9 Å². The van der Waals surface area contributed by atoms with Gasteiger partial charge in [-0.1, -0.05) is 53.5 Å². The summed E-state index contributed by atoms with van der Waals surface area (Å²) in [5, 5.41) is 14.2. The Hall–Kier alpha value is -3.17. The number of hydrogen-bond donors (Lipinski definition) is 3. The monoisotopic (exact) mass is 595 g/mol. The van der Waals surface area contributed by atoms with Gasteiger partial charge in [0.2, 0.25) is 5.91 Å². The molecule has 2 aromatic carbocycles. The molecular weight excluding hydrogens is 558 g/mol. The molecular formula is C30H38BrN5O3. The molecule has 4 N–H and O–H groups in total. The first kappa shape index (κ1) is 28.8. The van der Waals surface area contributed by atoms with Crippen LogP contribution >= 0.6 is 15.9 Å².